The number of fused-ring (bicyclic) bond motifs is 1. The van der Waals surface area contributed by atoms with Gasteiger partial charge in [0.25, 0.3) is 5.69 Å². The Morgan fingerprint density at radius 2 is 1.78 bits per heavy atom. The van der Waals surface area contributed by atoms with Crippen molar-refractivity contribution in [3.63, 3.8) is 0 Å². The molecular weight excluding hydrogens is 300 g/mol. The number of non-ortho nitro benzene ring substituents is 1. The van der Waals surface area contributed by atoms with Gasteiger partial charge in [-0.2, -0.15) is 0 Å². The highest BCUT2D eigenvalue weighted by Gasteiger charge is 2.32. The van der Waals surface area contributed by atoms with Gasteiger partial charge in [0, 0.05) is 17.7 Å². The van der Waals surface area contributed by atoms with E-state index in [9.17, 15) is 10.1 Å². The van der Waals surface area contributed by atoms with Gasteiger partial charge in [-0.15, -0.1) is 0 Å². The molecule has 0 unspecified atom stereocenters. The standard InChI is InChI=1S/C16H14N2O5/c19-18(20)12-4-1-10(2-5-12)15-8-17-16(23-15)11-3-6-13-14(7-11)22-9-21-13/h1-7,15-17H,8-9H2/p+1/t15-,16+/m1/s1. The molecule has 7 heteroatoms. The molecule has 0 bridgehead atoms. The number of benzene rings is 2. The van der Waals surface area contributed by atoms with Gasteiger partial charge in [0.05, 0.1) is 4.92 Å². The first kappa shape index (κ1) is 14.0. The topological polar surface area (TPSA) is 87.4 Å². The molecular formula is C16H15N2O5+. The molecule has 2 aliphatic heterocycles. The van der Waals surface area contributed by atoms with E-state index in [1.165, 1.54) is 12.1 Å². The van der Waals surface area contributed by atoms with Crippen molar-refractivity contribution in [1.82, 2.24) is 0 Å². The second kappa shape index (κ2) is 5.53. The van der Waals surface area contributed by atoms with E-state index in [-0.39, 0.29) is 24.8 Å². The van der Waals surface area contributed by atoms with E-state index in [0.717, 1.165) is 29.2 Å². The molecule has 2 atom stereocenters. The van der Waals surface area contributed by atoms with Crippen LogP contribution in [0, 0.1) is 10.1 Å². The lowest BCUT2D eigenvalue weighted by Gasteiger charge is -2.10. The number of nitro benzene ring substituents is 1. The van der Waals surface area contributed by atoms with Crippen molar-refractivity contribution in [2.75, 3.05) is 13.3 Å². The maximum Gasteiger partial charge on any atom is 0.269 e. The summed E-state index contributed by atoms with van der Waals surface area (Å²) in [5.74, 6) is 1.48. The Morgan fingerprint density at radius 3 is 2.57 bits per heavy atom. The number of nitrogens with two attached hydrogens (primary N) is 1. The molecule has 2 aromatic carbocycles. The number of ether oxygens (including phenoxy) is 3. The number of nitro groups is 1. The van der Waals surface area contributed by atoms with Crippen LogP contribution in [-0.4, -0.2) is 18.3 Å². The van der Waals surface area contributed by atoms with E-state index >= 15 is 0 Å². The van der Waals surface area contributed by atoms with Gasteiger partial charge < -0.3 is 19.5 Å². The fourth-order valence-corrected chi connectivity index (χ4v) is 2.87. The Balaban J connectivity index is 1.49. The van der Waals surface area contributed by atoms with Crippen LogP contribution in [0.25, 0.3) is 0 Å². The van der Waals surface area contributed by atoms with Crippen LogP contribution in [0.1, 0.15) is 23.5 Å². The van der Waals surface area contributed by atoms with Crippen molar-refractivity contribution >= 4 is 5.69 Å². The summed E-state index contributed by atoms with van der Waals surface area (Å²) in [5.41, 5.74) is 2.04. The SMILES string of the molecule is O=[N+]([O-])c1ccc([C@H]2C[NH2+][C@H](c3ccc4c(c3)OCO4)O2)cc1. The summed E-state index contributed by atoms with van der Waals surface area (Å²) in [7, 11) is 0. The van der Waals surface area contributed by atoms with Gasteiger partial charge in [0.1, 0.15) is 12.6 Å². The minimum Gasteiger partial charge on any atom is -0.454 e. The molecule has 2 aliphatic rings. The molecule has 1 fully saturated rings. The predicted octanol–water partition coefficient (Wildman–Crippen LogP) is 1.66. The van der Waals surface area contributed by atoms with Crippen molar-refractivity contribution < 1.29 is 24.5 Å². The molecule has 4 rings (SSSR count). The van der Waals surface area contributed by atoms with Crippen molar-refractivity contribution in [2.24, 2.45) is 0 Å². The molecule has 0 saturated carbocycles. The molecule has 0 aromatic heterocycles. The third-order valence-corrected chi connectivity index (χ3v) is 4.08. The molecule has 2 heterocycles. The molecule has 0 aliphatic carbocycles. The predicted molar refractivity (Wildman–Crippen MR) is 79.0 cm³/mol. The zero-order valence-electron chi connectivity index (χ0n) is 12.2. The second-order valence-corrected chi connectivity index (χ2v) is 5.48. The summed E-state index contributed by atoms with van der Waals surface area (Å²) in [5, 5.41) is 12.8. The van der Waals surface area contributed by atoms with E-state index < -0.39 is 4.92 Å². The summed E-state index contributed by atoms with van der Waals surface area (Å²) in [6.07, 6.45) is -0.212. The Hall–Kier alpha value is -2.64. The lowest BCUT2D eigenvalue weighted by atomic mass is 10.1. The van der Waals surface area contributed by atoms with Gasteiger partial charge in [0.15, 0.2) is 11.5 Å². The highest BCUT2D eigenvalue weighted by Crippen LogP contribution is 2.35. The summed E-state index contributed by atoms with van der Waals surface area (Å²) in [6, 6.07) is 12.3. The zero-order chi connectivity index (χ0) is 15.8. The van der Waals surface area contributed by atoms with E-state index in [2.05, 4.69) is 5.32 Å². The van der Waals surface area contributed by atoms with Gasteiger partial charge in [-0.3, -0.25) is 10.1 Å². The molecule has 2 aromatic rings. The van der Waals surface area contributed by atoms with Crippen LogP contribution >= 0.6 is 0 Å². The lowest BCUT2D eigenvalue weighted by molar-refractivity contribution is -0.698. The van der Waals surface area contributed by atoms with Crippen LogP contribution in [-0.2, 0) is 4.74 Å². The van der Waals surface area contributed by atoms with Gasteiger partial charge in [-0.05, 0) is 35.9 Å². The second-order valence-electron chi connectivity index (χ2n) is 5.48. The average molecular weight is 315 g/mol. The largest absolute Gasteiger partial charge is 0.454 e. The Morgan fingerprint density at radius 1 is 1.04 bits per heavy atom. The molecule has 2 N–H and O–H groups in total. The van der Waals surface area contributed by atoms with E-state index in [1.54, 1.807) is 12.1 Å². The van der Waals surface area contributed by atoms with E-state index in [0.29, 0.717) is 0 Å². The van der Waals surface area contributed by atoms with Crippen LogP contribution < -0.4 is 14.8 Å². The first-order chi connectivity index (χ1) is 11.2. The molecule has 7 nitrogen and oxygen atoms in total. The minimum absolute atomic E-state index is 0.0862. The van der Waals surface area contributed by atoms with Crippen molar-refractivity contribution in [2.45, 2.75) is 12.3 Å². The highest BCUT2D eigenvalue weighted by atomic mass is 16.7. The van der Waals surface area contributed by atoms with Gasteiger partial charge in [0.2, 0.25) is 13.0 Å². The van der Waals surface area contributed by atoms with Crippen molar-refractivity contribution in [3.05, 3.63) is 63.7 Å². The number of quaternary nitrogens is 1. The number of hydrogen-bond acceptors (Lipinski definition) is 5. The molecule has 0 spiro atoms. The van der Waals surface area contributed by atoms with Crippen LogP contribution in [0.3, 0.4) is 0 Å². The maximum atomic E-state index is 10.7. The number of nitrogens with zero attached hydrogens (tertiary/aromatic N) is 1. The normalized spacial score (nSPS) is 22.3. The van der Waals surface area contributed by atoms with Gasteiger partial charge in [-0.25, -0.2) is 0 Å². The Bertz CT molecular complexity index is 747. The first-order valence-electron chi connectivity index (χ1n) is 7.33. The fourth-order valence-electron chi connectivity index (χ4n) is 2.87. The maximum absolute atomic E-state index is 10.7. The van der Waals surface area contributed by atoms with Crippen molar-refractivity contribution in [1.29, 1.82) is 0 Å². The molecule has 23 heavy (non-hydrogen) atoms. The van der Waals surface area contributed by atoms with Crippen LogP contribution in [0.4, 0.5) is 5.69 Å². The fraction of sp³-hybridized carbons (Fsp3) is 0.250. The van der Waals surface area contributed by atoms with E-state index in [4.69, 9.17) is 14.2 Å². The lowest BCUT2D eigenvalue weighted by Crippen LogP contribution is -2.82. The van der Waals surface area contributed by atoms with Crippen LogP contribution in [0.15, 0.2) is 42.5 Å². The minimum atomic E-state index is -0.402. The number of rotatable bonds is 3. The molecule has 0 amide bonds. The molecule has 0 radical (unpaired) electrons. The molecule has 1 saturated heterocycles. The third-order valence-electron chi connectivity index (χ3n) is 4.08. The number of hydrogen-bond donors (Lipinski definition) is 1. The van der Waals surface area contributed by atoms with Gasteiger partial charge >= 0.3 is 0 Å². The first-order valence-corrected chi connectivity index (χ1v) is 7.33. The van der Waals surface area contributed by atoms with Gasteiger partial charge in [-0.1, -0.05) is 0 Å². The quantitative estimate of drug-likeness (QED) is 0.687. The van der Waals surface area contributed by atoms with E-state index in [1.807, 2.05) is 18.2 Å². The summed E-state index contributed by atoms with van der Waals surface area (Å²) in [6.45, 7) is 1.01. The van der Waals surface area contributed by atoms with Crippen molar-refractivity contribution in [3.8, 4) is 11.5 Å². The zero-order valence-corrected chi connectivity index (χ0v) is 12.2. The molecule has 118 valence electrons. The third kappa shape index (κ3) is 2.60. The van der Waals surface area contributed by atoms with Crippen LogP contribution in [0.5, 0.6) is 11.5 Å². The summed E-state index contributed by atoms with van der Waals surface area (Å²) < 4.78 is 16.8. The Kier molecular flexibility index (Phi) is 3.36. The van der Waals surface area contributed by atoms with Crippen LogP contribution in [0.2, 0.25) is 0 Å². The monoisotopic (exact) mass is 315 g/mol. The Labute approximate surface area is 131 Å². The highest BCUT2D eigenvalue weighted by molar-refractivity contribution is 5.44. The summed E-state index contributed by atoms with van der Waals surface area (Å²) >= 11 is 0. The average Bonchev–Trinajstić information content (AvgIpc) is 3.23. The summed E-state index contributed by atoms with van der Waals surface area (Å²) in [4.78, 5) is 10.3. The smallest absolute Gasteiger partial charge is 0.269 e.